The van der Waals surface area contributed by atoms with E-state index in [0.717, 1.165) is 28.8 Å². The van der Waals surface area contributed by atoms with Gasteiger partial charge in [0.05, 0.1) is 23.1 Å². The third kappa shape index (κ3) is 1.78. The van der Waals surface area contributed by atoms with E-state index < -0.39 is 0 Å². The maximum absolute atomic E-state index is 4.53. The third-order valence-electron chi connectivity index (χ3n) is 2.97. The number of hydrogen-bond donors (Lipinski definition) is 2. The van der Waals surface area contributed by atoms with Crippen LogP contribution in [0.1, 0.15) is 5.56 Å². The van der Waals surface area contributed by atoms with Crippen LogP contribution in [0.25, 0.3) is 22.3 Å². The highest BCUT2D eigenvalue weighted by Gasteiger charge is 2.10. The second-order valence-corrected chi connectivity index (χ2v) is 4.34. The van der Waals surface area contributed by atoms with Crippen LogP contribution >= 0.6 is 0 Å². The van der Waals surface area contributed by atoms with Crippen molar-refractivity contribution in [3.63, 3.8) is 0 Å². The topological polar surface area (TPSA) is 58.5 Å². The summed E-state index contributed by atoms with van der Waals surface area (Å²) in [7, 11) is 3.88. The highest BCUT2D eigenvalue weighted by atomic mass is 15.3. The molecular weight excluding hydrogens is 226 g/mol. The average molecular weight is 241 g/mol. The smallest absolute Gasteiger partial charge is 0.0968 e. The van der Waals surface area contributed by atoms with E-state index in [1.807, 2.05) is 31.0 Å². The fourth-order valence-electron chi connectivity index (χ4n) is 2.18. The van der Waals surface area contributed by atoms with Crippen molar-refractivity contribution in [1.29, 1.82) is 0 Å². The Morgan fingerprint density at radius 1 is 1.39 bits per heavy atom. The predicted octanol–water partition coefficient (Wildman–Crippen LogP) is 1.68. The zero-order valence-electron chi connectivity index (χ0n) is 10.4. The van der Waals surface area contributed by atoms with Crippen molar-refractivity contribution in [1.82, 2.24) is 25.1 Å². The maximum Gasteiger partial charge on any atom is 0.0968 e. The fourth-order valence-corrected chi connectivity index (χ4v) is 2.18. The van der Waals surface area contributed by atoms with Crippen molar-refractivity contribution in [2.45, 2.75) is 6.54 Å². The first-order valence-corrected chi connectivity index (χ1v) is 5.88. The minimum absolute atomic E-state index is 0.810. The lowest BCUT2D eigenvalue weighted by Crippen LogP contribution is -2.05. The summed E-state index contributed by atoms with van der Waals surface area (Å²) in [4.78, 5) is 7.35. The first-order valence-electron chi connectivity index (χ1n) is 5.88. The quantitative estimate of drug-likeness (QED) is 0.733. The van der Waals surface area contributed by atoms with Crippen LogP contribution < -0.4 is 5.32 Å². The molecule has 0 aliphatic heterocycles. The van der Waals surface area contributed by atoms with E-state index in [2.05, 4.69) is 32.5 Å². The lowest BCUT2D eigenvalue weighted by Gasteiger charge is -2.01. The summed E-state index contributed by atoms with van der Waals surface area (Å²) < 4.78 is 1.85. The number of aromatic amines is 1. The first-order chi connectivity index (χ1) is 8.78. The molecule has 0 aliphatic carbocycles. The summed E-state index contributed by atoms with van der Waals surface area (Å²) in [6.07, 6.45) is 3.75. The molecule has 0 amide bonds. The Labute approximate surface area is 105 Å². The van der Waals surface area contributed by atoms with Crippen LogP contribution in [-0.2, 0) is 13.6 Å². The third-order valence-corrected chi connectivity index (χ3v) is 2.97. The number of rotatable bonds is 3. The van der Waals surface area contributed by atoms with Crippen LogP contribution in [0.4, 0.5) is 0 Å². The van der Waals surface area contributed by atoms with Crippen LogP contribution in [0.3, 0.4) is 0 Å². The number of benzene rings is 1. The van der Waals surface area contributed by atoms with Crippen molar-refractivity contribution in [3.05, 3.63) is 36.3 Å². The number of H-pyrrole nitrogens is 1. The molecule has 0 saturated carbocycles. The van der Waals surface area contributed by atoms with Gasteiger partial charge in [-0.05, 0) is 19.2 Å². The van der Waals surface area contributed by atoms with Crippen molar-refractivity contribution in [2.75, 3.05) is 7.05 Å². The molecule has 5 heteroatoms. The molecule has 5 nitrogen and oxygen atoms in total. The normalized spacial score (nSPS) is 11.2. The molecule has 3 rings (SSSR count). The van der Waals surface area contributed by atoms with Gasteiger partial charge in [0, 0.05) is 30.9 Å². The Morgan fingerprint density at radius 2 is 2.28 bits per heavy atom. The Morgan fingerprint density at radius 3 is 3.11 bits per heavy atom. The molecule has 2 N–H and O–H groups in total. The van der Waals surface area contributed by atoms with Gasteiger partial charge in [0.2, 0.25) is 0 Å². The molecule has 2 heterocycles. The maximum atomic E-state index is 4.53. The van der Waals surface area contributed by atoms with E-state index in [1.54, 1.807) is 6.33 Å². The summed E-state index contributed by atoms with van der Waals surface area (Å²) >= 11 is 0. The number of hydrogen-bond acceptors (Lipinski definition) is 3. The van der Waals surface area contributed by atoms with E-state index in [4.69, 9.17) is 0 Å². The molecule has 0 aliphatic rings. The molecule has 0 atom stereocenters. The molecule has 1 aromatic carbocycles. The molecular formula is C13H15N5. The highest BCUT2D eigenvalue weighted by Crippen LogP contribution is 2.24. The summed E-state index contributed by atoms with van der Waals surface area (Å²) in [5, 5.41) is 7.70. The highest BCUT2D eigenvalue weighted by molar-refractivity contribution is 5.81. The van der Waals surface area contributed by atoms with Crippen LogP contribution in [0, 0.1) is 0 Å². The number of nitrogens with zero attached hydrogens (tertiary/aromatic N) is 3. The summed E-state index contributed by atoms with van der Waals surface area (Å²) in [5.74, 6) is 0. The van der Waals surface area contributed by atoms with Gasteiger partial charge in [-0.3, -0.25) is 4.68 Å². The Bertz CT molecular complexity index is 680. The Kier molecular flexibility index (Phi) is 2.60. The Hall–Kier alpha value is -2.14. The number of fused-ring (bicyclic) bond motifs is 1. The van der Waals surface area contributed by atoms with Crippen LogP contribution in [-0.4, -0.2) is 26.8 Å². The second-order valence-electron chi connectivity index (χ2n) is 4.34. The SMILES string of the molecule is CNCc1cn(C)nc1-c1ccc2nc[nH]c2c1. The van der Waals surface area contributed by atoms with Gasteiger partial charge in [0.1, 0.15) is 0 Å². The molecule has 0 fully saturated rings. The van der Waals surface area contributed by atoms with Gasteiger partial charge in [0.25, 0.3) is 0 Å². The first kappa shape index (κ1) is 11.0. The van der Waals surface area contributed by atoms with Crippen LogP contribution in [0.15, 0.2) is 30.7 Å². The van der Waals surface area contributed by atoms with E-state index in [9.17, 15) is 0 Å². The van der Waals surface area contributed by atoms with Gasteiger partial charge in [-0.25, -0.2) is 4.98 Å². The zero-order chi connectivity index (χ0) is 12.5. The zero-order valence-corrected chi connectivity index (χ0v) is 10.4. The number of aryl methyl sites for hydroxylation is 1. The van der Waals surface area contributed by atoms with Crippen LogP contribution in [0.5, 0.6) is 0 Å². The molecule has 0 bridgehead atoms. The standard InChI is InChI=1S/C13H15N5/c1-14-6-10-7-18(2)17-13(10)9-3-4-11-12(5-9)16-8-15-11/h3-5,7-8,14H,6H2,1-2H3,(H,15,16). The Balaban J connectivity index is 2.12. The molecule has 3 aromatic rings. The molecule has 0 saturated heterocycles. The summed E-state index contributed by atoms with van der Waals surface area (Å²) in [5.41, 5.74) is 5.33. The monoisotopic (exact) mass is 241 g/mol. The molecule has 92 valence electrons. The largest absolute Gasteiger partial charge is 0.345 e. The van der Waals surface area contributed by atoms with Gasteiger partial charge in [-0.15, -0.1) is 0 Å². The number of imidazole rings is 1. The minimum atomic E-state index is 0.810. The van der Waals surface area contributed by atoms with E-state index in [0.29, 0.717) is 0 Å². The predicted molar refractivity (Wildman–Crippen MR) is 71.1 cm³/mol. The number of nitrogens with one attached hydrogen (secondary N) is 2. The van der Waals surface area contributed by atoms with Crippen molar-refractivity contribution >= 4 is 11.0 Å². The van der Waals surface area contributed by atoms with Crippen LogP contribution in [0.2, 0.25) is 0 Å². The van der Waals surface area contributed by atoms with E-state index in [-0.39, 0.29) is 0 Å². The van der Waals surface area contributed by atoms with Gasteiger partial charge in [-0.1, -0.05) is 6.07 Å². The lowest BCUT2D eigenvalue weighted by molar-refractivity contribution is 0.765. The lowest BCUT2D eigenvalue weighted by atomic mass is 10.1. The van der Waals surface area contributed by atoms with Gasteiger partial charge in [0.15, 0.2) is 0 Å². The van der Waals surface area contributed by atoms with Crippen molar-refractivity contribution in [2.24, 2.45) is 7.05 Å². The molecule has 2 aromatic heterocycles. The average Bonchev–Trinajstić information content (AvgIpc) is 2.95. The molecule has 0 unspecified atom stereocenters. The molecule has 0 spiro atoms. The van der Waals surface area contributed by atoms with Gasteiger partial charge < -0.3 is 10.3 Å². The second kappa shape index (κ2) is 4.27. The van der Waals surface area contributed by atoms with Crippen molar-refractivity contribution < 1.29 is 0 Å². The fraction of sp³-hybridized carbons (Fsp3) is 0.231. The molecule has 18 heavy (non-hydrogen) atoms. The van der Waals surface area contributed by atoms with E-state index in [1.165, 1.54) is 5.56 Å². The van der Waals surface area contributed by atoms with Gasteiger partial charge >= 0.3 is 0 Å². The summed E-state index contributed by atoms with van der Waals surface area (Å²) in [6, 6.07) is 6.16. The van der Waals surface area contributed by atoms with Crippen molar-refractivity contribution in [3.8, 4) is 11.3 Å². The summed E-state index contributed by atoms with van der Waals surface area (Å²) in [6.45, 7) is 0.810. The number of aromatic nitrogens is 4. The molecule has 0 radical (unpaired) electrons. The van der Waals surface area contributed by atoms with E-state index >= 15 is 0 Å². The van der Waals surface area contributed by atoms with Gasteiger partial charge in [-0.2, -0.15) is 5.10 Å². The minimum Gasteiger partial charge on any atom is -0.345 e.